The standard InChI is InChI=1S/C22H23N3O3S/c26-20(23-13-5-10-21-24-16-6-1-4-9-19(16)29-21)11-12-22(27)25-14-15-28-18-8-3-2-7-17(18)25/h1-4,6-9H,5,10-15H2,(H,23,26). The van der Waals surface area contributed by atoms with E-state index in [9.17, 15) is 9.59 Å². The van der Waals surface area contributed by atoms with Crippen LogP contribution in [0.1, 0.15) is 24.3 Å². The molecule has 0 atom stereocenters. The average Bonchev–Trinajstić information content (AvgIpc) is 3.17. The molecule has 0 saturated carbocycles. The van der Waals surface area contributed by atoms with Crippen LogP contribution in [0.25, 0.3) is 10.2 Å². The van der Waals surface area contributed by atoms with Gasteiger partial charge in [0, 0.05) is 25.8 Å². The first kappa shape index (κ1) is 19.4. The zero-order valence-corrected chi connectivity index (χ0v) is 16.9. The lowest BCUT2D eigenvalue weighted by molar-refractivity contribution is -0.125. The van der Waals surface area contributed by atoms with E-state index >= 15 is 0 Å². The molecule has 29 heavy (non-hydrogen) atoms. The molecular weight excluding hydrogens is 386 g/mol. The lowest BCUT2D eigenvalue weighted by atomic mass is 10.2. The molecule has 3 aromatic rings. The number of para-hydroxylation sites is 3. The van der Waals surface area contributed by atoms with Gasteiger partial charge in [-0.15, -0.1) is 11.3 Å². The van der Waals surface area contributed by atoms with Crippen molar-refractivity contribution in [3.63, 3.8) is 0 Å². The van der Waals surface area contributed by atoms with Crippen molar-refractivity contribution < 1.29 is 14.3 Å². The number of ether oxygens (including phenoxy) is 1. The summed E-state index contributed by atoms with van der Waals surface area (Å²) in [5.41, 5.74) is 1.81. The van der Waals surface area contributed by atoms with Crippen LogP contribution in [-0.4, -0.2) is 36.5 Å². The summed E-state index contributed by atoms with van der Waals surface area (Å²) in [5.74, 6) is 0.570. The summed E-state index contributed by atoms with van der Waals surface area (Å²) in [5, 5.41) is 3.99. The molecule has 2 aromatic carbocycles. The van der Waals surface area contributed by atoms with Crippen LogP contribution in [-0.2, 0) is 16.0 Å². The number of nitrogens with zero attached hydrogens (tertiary/aromatic N) is 2. The van der Waals surface area contributed by atoms with Gasteiger partial charge < -0.3 is 15.0 Å². The van der Waals surface area contributed by atoms with Crippen molar-refractivity contribution in [3.05, 3.63) is 53.5 Å². The third-order valence-corrected chi connectivity index (χ3v) is 5.92. The summed E-state index contributed by atoms with van der Waals surface area (Å²) >= 11 is 1.70. The lowest BCUT2D eigenvalue weighted by Gasteiger charge is -2.29. The molecule has 4 rings (SSSR count). The molecule has 1 aromatic heterocycles. The fourth-order valence-electron chi connectivity index (χ4n) is 3.37. The number of amides is 2. The number of aryl methyl sites for hydroxylation is 1. The predicted octanol–water partition coefficient (Wildman–Crippen LogP) is 3.55. The van der Waals surface area contributed by atoms with Crippen molar-refractivity contribution in [3.8, 4) is 5.75 Å². The molecule has 1 aliphatic heterocycles. The fourth-order valence-corrected chi connectivity index (χ4v) is 4.38. The molecule has 6 nitrogen and oxygen atoms in total. The highest BCUT2D eigenvalue weighted by molar-refractivity contribution is 7.18. The molecule has 0 fully saturated rings. The zero-order valence-electron chi connectivity index (χ0n) is 16.1. The summed E-state index contributed by atoms with van der Waals surface area (Å²) in [7, 11) is 0. The number of rotatable bonds is 7. The van der Waals surface area contributed by atoms with Gasteiger partial charge in [-0.2, -0.15) is 0 Å². The second-order valence-corrected chi connectivity index (χ2v) is 8.01. The van der Waals surface area contributed by atoms with Gasteiger partial charge in [-0.25, -0.2) is 4.98 Å². The van der Waals surface area contributed by atoms with E-state index in [1.54, 1.807) is 16.2 Å². The van der Waals surface area contributed by atoms with Crippen LogP contribution in [0.3, 0.4) is 0 Å². The van der Waals surface area contributed by atoms with E-state index in [0.717, 1.165) is 29.1 Å². The predicted molar refractivity (Wildman–Crippen MR) is 114 cm³/mol. The van der Waals surface area contributed by atoms with Gasteiger partial charge in [0.15, 0.2) is 0 Å². The van der Waals surface area contributed by atoms with E-state index in [1.807, 2.05) is 42.5 Å². The van der Waals surface area contributed by atoms with E-state index in [4.69, 9.17) is 4.74 Å². The second kappa shape index (κ2) is 9.05. The third-order valence-electron chi connectivity index (χ3n) is 4.82. The molecule has 7 heteroatoms. The molecule has 0 bridgehead atoms. The van der Waals surface area contributed by atoms with Crippen LogP contribution in [0.5, 0.6) is 5.75 Å². The highest BCUT2D eigenvalue weighted by Gasteiger charge is 2.23. The van der Waals surface area contributed by atoms with Gasteiger partial charge in [0.25, 0.3) is 0 Å². The smallest absolute Gasteiger partial charge is 0.227 e. The van der Waals surface area contributed by atoms with E-state index in [1.165, 1.54) is 4.70 Å². The Morgan fingerprint density at radius 3 is 2.83 bits per heavy atom. The number of thiazole rings is 1. The number of hydrogen-bond donors (Lipinski definition) is 1. The highest BCUT2D eigenvalue weighted by atomic mass is 32.1. The number of nitrogens with one attached hydrogen (secondary N) is 1. The first-order valence-corrected chi connectivity index (χ1v) is 10.7. The van der Waals surface area contributed by atoms with Crippen molar-refractivity contribution in [2.75, 3.05) is 24.6 Å². The molecule has 0 spiro atoms. The molecule has 1 aliphatic rings. The van der Waals surface area contributed by atoms with E-state index < -0.39 is 0 Å². The maximum atomic E-state index is 12.5. The minimum Gasteiger partial charge on any atom is -0.490 e. The number of aromatic nitrogens is 1. The summed E-state index contributed by atoms with van der Waals surface area (Å²) in [6.45, 7) is 1.57. The Morgan fingerprint density at radius 1 is 1.10 bits per heavy atom. The van der Waals surface area contributed by atoms with E-state index in [2.05, 4.69) is 16.4 Å². The third kappa shape index (κ3) is 4.74. The quantitative estimate of drug-likeness (QED) is 0.606. The zero-order chi connectivity index (χ0) is 20.1. The summed E-state index contributed by atoms with van der Waals surface area (Å²) in [6.07, 6.45) is 2.05. The van der Waals surface area contributed by atoms with E-state index in [-0.39, 0.29) is 24.7 Å². The van der Waals surface area contributed by atoms with Crippen molar-refractivity contribution >= 4 is 39.1 Å². The molecule has 0 unspecified atom stereocenters. The van der Waals surface area contributed by atoms with Gasteiger partial charge in [0.1, 0.15) is 12.4 Å². The van der Waals surface area contributed by atoms with Gasteiger partial charge >= 0.3 is 0 Å². The SMILES string of the molecule is O=C(CCC(=O)N1CCOc2ccccc21)NCCCc1nc2ccccc2s1. The Labute approximate surface area is 173 Å². The van der Waals surface area contributed by atoms with Crippen LogP contribution < -0.4 is 15.0 Å². The molecule has 1 N–H and O–H groups in total. The van der Waals surface area contributed by atoms with Crippen LogP contribution in [0.15, 0.2) is 48.5 Å². The van der Waals surface area contributed by atoms with E-state index in [0.29, 0.717) is 25.4 Å². The Morgan fingerprint density at radius 2 is 1.93 bits per heavy atom. The first-order valence-electron chi connectivity index (χ1n) is 9.84. The van der Waals surface area contributed by atoms with Gasteiger partial charge in [-0.05, 0) is 30.7 Å². The first-order chi connectivity index (χ1) is 14.2. The Bertz CT molecular complexity index is 984. The molecule has 2 amide bonds. The number of carbonyl (C=O) groups excluding carboxylic acids is 2. The van der Waals surface area contributed by atoms with Crippen LogP contribution in [0.4, 0.5) is 5.69 Å². The minimum absolute atomic E-state index is 0.0506. The molecule has 0 radical (unpaired) electrons. The minimum atomic E-state index is -0.0933. The molecule has 150 valence electrons. The highest BCUT2D eigenvalue weighted by Crippen LogP contribution is 2.31. The molecule has 2 heterocycles. The summed E-state index contributed by atoms with van der Waals surface area (Å²) in [6, 6.07) is 15.6. The van der Waals surface area contributed by atoms with Crippen molar-refractivity contribution in [1.29, 1.82) is 0 Å². The normalized spacial score (nSPS) is 13.0. The summed E-state index contributed by atoms with van der Waals surface area (Å²) < 4.78 is 6.76. The molecule has 0 aliphatic carbocycles. The number of benzene rings is 2. The maximum absolute atomic E-state index is 12.5. The van der Waals surface area contributed by atoms with Crippen molar-refractivity contribution in [1.82, 2.24) is 10.3 Å². The Balaban J connectivity index is 1.19. The Kier molecular flexibility index (Phi) is 6.05. The average molecular weight is 410 g/mol. The number of anilines is 1. The van der Waals surface area contributed by atoms with Crippen molar-refractivity contribution in [2.24, 2.45) is 0 Å². The largest absolute Gasteiger partial charge is 0.490 e. The topological polar surface area (TPSA) is 71.5 Å². The monoisotopic (exact) mass is 409 g/mol. The number of fused-ring (bicyclic) bond motifs is 2. The maximum Gasteiger partial charge on any atom is 0.227 e. The fraction of sp³-hybridized carbons (Fsp3) is 0.318. The Hall–Kier alpha value is -2.93. The second-order valence-electron chi connectivity index (χ2n) is 6.89. The number of carbonyl (C=O) groups is 2. The van der Waals surface area contributed by atoms with Gasteiger partial charge in [0.05, 0.1) is 27.5 Å². The van der Waals surface area contributed by atoms with Crippen molar-refractivity contribution in [2.45, 2.75) is 25.7 Å². The number of hydrogen-bond acceptors (Lipinski definition) is 5. The van der Waals surface area contributed by atoms with Gasteiger partial charge in [-0.1, -0.05) is 24.3 Å². The van der Waals surface area contributed by atoms with Crippen LogP contribution in [0.2, 0.25) is 0 Å². The van der Waals surface area contributed by atoms with Gasteiger partial charge in [0.2, 0.25) is 11.8 Å². The van der Waals surface area contributed by atoms with Gasteiger partial charge in [-0.3, -0.25) is 9.59 Å². The van der Waals surface area contributed by atoms with Crippen LogP contribution in [0, 0.1) is 0 Å². The molecular formula is C22H23N3O3S. The van der Waals surface area contributed by atoms with Crippen LogP contribution >= 0.6 is 11.3 Å². The summed E-state index contributed by atoms with van der Waals surface area (Å²) in [4.78, 5) is 31.0. The lowest BCUT2D eigenvalue weighted by Crippen LogP contribution is -2.38. The molecule has 0 saturated heterocycles.